The molecule has 1 aliphatic heterocycles. The van der Waals surface area contributed by atoms with Crippen LogP contribution >= 0.6 is 0 Å². The maximum absolute atomic E-state index is 5.57. The largest absolute Gasteiger partial charge is 0.381 e. The van der Waals surface area contributed by atoms with Crippen molar-refractivity contribution in [3.05, 3.63) is 0 Å². The fraction of sp³-hybridized carbons (Fsp3) is 1.00. The van der Waals surface area contributed by atoms with E-state index in [9.17, 15) is 0 Å². The van der Waals surface area contributed by atoms with E-state index >= 15 is 0 Å². The van der Waals surface area contributed by atoms with Crippen LogP contribution < -0.4 is 5.32 Å². The van der Waals surface area contributed by atoms with E-state index in [-0.39, 0.29) is 0 Å². The molecule has 1 heterocycles. The summed E-state index contributed by atoms with van der Waals surface area (Å²) < 4.78 is 5.57. The lowest BCUT2D eigenvalue weighted by atomic mass is 9.86. The van der Waals surface area contributed by atoms with Gasteiger partial charge in [-0.2, -0.15) is 0 Å². The second-order valence-electron chi connectivity index (χ2n) is 6.40. The van der Waals surface area contributed by atoms with Gasteiger partial charge in [-0.15, -0.1) is 0 Å². The van der Waals surface area contributed by atoms with E-state index in [1.807, 2.05) is 7.11 Å². The molecule has 3 nitrogen and oxygen atoms in total. The first-order valence-electron chi connectivity index (χ1n) is 8.24. The highest BCUT2D eigenvalue weighted by atomic mass is 16.5. The fourth-order valence-electron chi connectivity index (χ4n) is 3.94. The van der Waals surface area contributed by atoms with Gasteiger partial charge in [-0.3, -0.25) is 0 Å². The molecule has 0 aromatic carbocycles. The summed E-state index contributed by atoms with van der Waals surface area (Å²) in [5.74, 6) is 0.873. The van der Waals surface area contributed by atoms with Crippen molar-refractivity contribution < 1.29 is 4.74 Å². The van der Waals surface area contributed by atoms with E-state index in [1.54, 1.807) is 0 Å². The summed E-state index contributed by atoms with van der Waals surface area (Å²) in [5.41, 5.74) is 0. The van der Waals surface area contributed by atoms with Gasteiger partial charge in [0.05, 0.1) is 6.10 Å². The van der Waals surface area contributed by atoms with Crippen molar-refractivity contribution in [1.82, 2.24) is 10.2 Å². The minimum atomic E-state index is 0.511. The molecule has 2 fully saturated rings. The van der Waals surface area contributed by atoms with Crippen LogP contribution in [-0.2, 0) is 4.74 Å². The third-order valence-electron chi connectivity index (χ3n) is 5.26. The normalized spacial score (nSPS) is 32.4. The summed E-state index contributed by atoms with van der Waals surface area (Å²) in [6.45, 7) is 8.24. The lowest BCUT2D eigenvalue weighted by Crippen LogP contribution is -2.47. The molecule has 2 rings (SSSR count). The van der Waals surface area contributed by atoms with Crippen molar-refractivity contribution in [1.29, 1.82) is 0 Å². The maximum Gasteiger partial charge on any atom is 0.0586 e. The van der Waals surface area contributed by atoms with Crippen LogP contribution in [-0.4, -0.2) is 49.8 Å². The first-order chi connectivity index (χ1) is 9.24. The molecular formula is C16H32N2O. The van der Waals surface area contributed by atoms with Gasteiger partial charge in [0.2, 0.25) is 0 Å². The van der Waals surface area contributed by atoms with Crippen LogP contribution in [0.5, 0.6) is 0 Å². The zero-order chi connectivity index (χ0) is 13.7. The summed E-state index contributed by atoms with van der Waals surface area (Å²) in [7, 11) is 1.87. The maximum atomic E-state index is 5.57. The van der Waals surface area contributed by atoms with E-state index in [0.29, 0.717) is 12.1 Å². The van der Waals surface area contributed by atoms with Gasteiger partial charge in [-0.25, -0.2) is 0 Å². The fourth-order valence-corrected chi connectivity index (χ4v) is 3.94. The molecule has 0 aromatic heterocycles. The molecule has 1 saturated carbocycles. The van der Waals surface area contributed by atoms with E-state index in [0.717, 1.165) is 18.5 Å². The molecule has 0 radical (unpaired) electrons. The minimum Gasteiger partial charge on any atom is -0.381 e. The van der Waals surface area contributed by atoms with Gasteiger partial charge in [0, 0.05) is 19.2 Å². The molecule has 1 N–H and O–H groups in total. The van der Waals surface area contributed by atoms with E-state index < -0.39 is 0 Å². The number of methoxy groups -OCH3 is 1. The first kappa shape index (κ1) is 15.3. The summed E-state index contributed by atoms with van der Waals surface area (Å²) in [5, 5.41) is 3.59. The second-order valence-corrected chi connectivity index (χ2v) is 6.40. The highest BCUT2D eigenvalue weighted by Gasteiger charge is 2.30. The number of hydrogen-bond donors (Lipinski definition) is 1. The number of rotatable bonds is 5. The van der Waals surface area contributed by atoms with Crippen LogP contribution in [0.2, 0.25) is 0 Å². The van der Waals surface area contributed by atoms with Crippen LogP contribution in [0, 0.1) is 5.92 Å². The Hall–Kier alpha value is -0.120. The Morgan fingerprint density at radius 1 is 1.21 bits per heavy atom. The number of nitrogens with one attached hydrogen (secondary N) is 1. The van der Waals surface area contributed by atoms with Gasteiger partial charge in [0.25, 0.3) is 0 Å². The Balaban J connectivity index is 1.76. The molecule has 2 aliphatic rings. The van der Waals surface area contributed by atoms with Crippen molar-refractivity contribution in [2.45, 2.75) is 70.6 Å². The van der Waals surface area contributed by atoms with Gasteiger partial charge in [0.1, 0.15) is 0 Å². The highest BCUT2D eigenvalue weighted by Crippen LogP contribution is 2.29. The van der Waals surface area contributed by atoms with Gasteiger partial charge < -0.3 is 15.0 Å². The summed E-state index contributed by atoms with van der Waals surface area (Å²) >= 11 is 0. The van der Waals surface area contributed by atoms with E-state index in [2.05, 4.69) is 24.1 Å². The second kappa shape index (κ2) is 7.61. The van der Waals surface area contributed by atoms with Crippen molar-refractivity contribution in [2.24, 2.45) is 5.92 Å². The van der Waals surface area contributed by atoms with Gasteiger partial charge in [-0.1, -0.05) is 6.92 Å². The molecule has 112 valence electrons. The molecular weight excluding hydrogens is 236 g/mol. The molecule has 0 bridgehead atoms. The molecule has 0 aromatic rings. The lowest BCUT2D eigenvalue weighted by molar-refractivity contribution is 0.0159. The Bertz CT molecular complexity index is 251. The highest BCUT2D eigenvalue weighted by molar-refractivity contribution is 4.86. The Kier molecular flexibility index (Phi) is 6.11. The number of nitrogens with zero attached hydrogens (tertiary/aromatic N) is 1. The molecule has 3 heteroatoms. The Morgan fingerprint density at radius 2 is 1.95 bits per heavy atom. The SMILES string of the molecule is CCNC(C)C1CCN(C2CCCC(OC)C2)CC1. The van der Waals surface area contributed by atoms with Crippen molar-refractivity contribution in [2.75, 3.05) is 26.7 Å². The molecule has 0 amide bonds. The van der Waals surface area contributed by atoms with Gasteiger partial charge in [-0.05, 0) is 71.0 Å². The van der Waals surface area contributed by atoms with Crippen molar-refractivity contribution in [3.8, 4) is 0 Å². The summed E-state index contributed by atoms with van der Waals surface area (Å²) in [6.07, 6.45) is 8.48. The third kappa shape index (κ3) is 4.17. The van der Waals surface area contributed by atoms with Crippen LogP contribution in [0.25, 0.3) is 0 Å². The molecule has 19 heavy (non-hydrogen) atoms. The van der Waals surface area contributed by atoms with Gasteiger partial charge in [0.15, 0.2) is 0 Å². The first-order valence-corrected chi connectivity index (χ1v) is 8.24. The van der Waals surface area contributed by atoms with Crippen molar-refractivity contribution in [3.63, 3.8) is 0 Å². The van der Waals surface area contributed by atoms with Crippen LogP contribution in [0.1, 0.15) is 52.4 Å². The average Bonchev–Trinajstić information content (AvgIpc) is 2.48. The minimum absolute atomic E-state index is 0.511. The molecule has 1 saturated heterocycles. The average molecular weight is 268 g/mol. The Morgan fingerprint density at radius 3 is 2.58 bits per heavy atom. The zero-order valence-electron chi connectivity index (χ0n) is 13.0. The molecule has 1 aliphatic carbocycles. The smallest absolute Gasteiger partial charge is 0.0586 e. The van der Waals surface area contributed by atoms with Gasteiger partial charge >= 0.3 is 0 Å². The summed E-state index contributed by atoms with van der Waals surface area (Å²) in [6, 6.07) is 1.47. The standard InChI is InChI=1S/C16H32N2O/c1-4-17-13(2)14-8-10-18(11-9-14)15-6-5-7-16(12-15)19-3/h13-17H,4-12H2,1-3H3. The van der Waals surface area contributed by atoms with Crippen LogP contribution in [0.3, 0.4) is 0 Å². The number of hydrogen-bond acceptors (Lipinski definition) is 3. The van der Waals surface area contributed by atoms with Crippen LogP contribution in [0.4, 0.5) is 0 Å². The van der Waals surface area contributed by atoms with Crippen molar-refractivity contribution >= 4 is 0 Å². The predicted octanol–water partition coefficient (Wildman–Crippen LogP) is 2.65. The third-order valence-corrected chi connectivity index (χ3v) is 5.26. The molecule has 3 atom stereocenters. The Labute approximate surface area is 119 Å². The summed E-state index contributed by atoms with van der Waals surface area (Å²) in [4.78, 5) is 2.74. The lowest BCUT2D eigenvalue weighted by Gasteiger charge is -2.42. The zero-order valence-corrected chi connectivity index (χ0v) is 13.0. The van der Waals surface area contributed by atoms with E-state index in [1.165, 1.54) is 51.6 Å². The molecule has 0 spiro atoms. The molecule has 3 unspecified atom stereocenters. The quantitative estimate of drug-likeness (QED) is 0.829. The number of likely N-dealkylation sites (tertiary alicyclic amines) is 1. The predicted molar refractivity (Wildman–Crippen MR) is 80.5 cm³/mol. The monoisotopic (exact) mass is 268 g/mol. The van der Waals surface area contributed by atoms with E-state index in [4.69, 9.17) is 4.74 Å². The number of ether oxygens (including phenoxy) is 1. The van der Waals surface area contributed by atoms with Crippen LogP contribution in [0.15, 0.2) is 0 Å². The topological polar surface area (TPSA) is 24.5 Å². The number of piperidine rings is 1.